The second kappa shape index (κ2) is 7.92. The number of morpholine rings is 1. The lowest BCUT2D eigenvalue weighted by Crippen LogP contribution is -2.40. The normalized spacial score (nSPS) is 22.7. The standard InChI is InChI=1S/C13H24N2O2S/c18-13(14-12-4-2-1-3-5-12)17-11-8-15-6-9-16-10-7-15/h12H,1-11H2,(H,14,18). The largest absolute Gasteiger partial charge is 0.470 e. The zero-order valence-electron chi connectivity index (χ0n) is 11.0. The van der Waals surface area contributed by atoms with Crippen molar-refractivity contribution in [2.75, 3.05) is 39.5 Å². The molecule has 0 radical (unpaired) electrons. The molecule has 1 saturated heterocycles. The molecule has 5 heteroatoms. The maximum absolute atomic E-state index is 5.59. The molecule has 104 valence electrons. The van der Waals surface area contributed by atoms with E-state index in [0.29, 0.717) is 17.8 Å². The molecule has 0 spiro atoms. The highest BCUT2D eigenvalue weighted by atomic mass is 32.1. The number of thiocarbonyl (C=S) groups is 1. The van der Waals surface area contributed by atoms with Crippen LogP contribution in [0.15, 0.2) is 0 Å². The van der Waals surface area contributed by atoms with E-state index in [4.69, 9.17) is 21.7 Å². The Hall–Kier alpha value is -0.390. The van der Waals surface area contributed by atoms with Gasteiger partial charge in [0.05, 0.1) is 13.2 Å². The fourth-order valence-electron chi connectivity index (χ4n) is 2.55. The van der Waals surface area contributed by atoms with Gasteiger partial charge in [0, 0.05) is 25.7 Å². The van der Waals surface area contributed by atoms with Gasteiger partial charge in [0.25, 0.3) is 5.17 Å². The topological polar surface area (TPSA) is 33.7 Å². The van der Waals surface area contributed by atoms with Gasteiger partial charge in [-0.25, -0.2) is 0 Å². The third-order valence-electron chi connectivity index (χ3n) is 3.67. The minimum Gasteiger partial charge on any atom is -0.470 e. The van der Waals surface area contributed by atoms with E-state index in [-0.39, 0.29) is 0 Å². The van der Waals surface area contributed by atoms with Gasteiger partial charge in [-0.3, -0.25) is 4.90 Å². The number of hydrogen-bond acceptors (Lipinski definition) is 4. The highest BCUT2D eigenvalue weighted by Gasteiger charge is 2.15. The molecule has 0 unspecified atom stereocenters. The number of nitrogens with zero attached hydrogens (tertiary/aromatic N) is 1. The van der Waals surface area contributed by atoms with Crippen molar-refractivity contribution in [3.63, 3.8) is 0 Å². The van der Waals surface area contributed by atoms with Crippen molar-refractivity contribution in [2.24, 2.45) is 0 Å². The summed E-state index contributed by atoms with van der Waals surface area (Å²) in [5.41, 5.74) is 0. The molecule has 18 heavy (non-hydrogen) atoms. The van der Waals surface area contributed by atoms with Crippen molar-refractivity contribution in [3.05, 3.63) is 0 Å². The van der Waals surface area contributed by atoms with Gasteiger partial charge in [-0.15, -0.1) is 0 Å². The van der Waals surface area contributed by atoms with Gasteiger partial charge in [0.1, 0.15) is 6.61 Å². The first kappa shape index (κ1) is 14.0. The Bertz CT molecular complexity index is 251. The Morgan fingerprint density at radius 1 is 1.22 bits per heavy atom. The van der Waals surface area contributed by atoms with Gasteiger partial charge in [-0.1, -0.05) is 19.3 Å². The molecule has 0 bridgehead atoms. The molecule has 2 aliphatic rings. The summed E-state index contributed by atoms with van der Waals surface area (Å²) in [6, 6.07) is 0.537. The summed E-state index contributed by atoms with van der Waals surface area (Å²) in [6.45, 7) is 5.31. The van der Waals surface area contributed by atoms with Gasteiger partial charge in [0.2, 0.25) is 0 Å². The van der Waals surface area contributed by atoms with Crippen molar-refractivity contribution in [2.45, 2.75) is 38.1 Å². The van der Waals surface area contributed by atoms with E-state index in [1.54, 1.807) is 0 Å². The minimum absolute atomic E-state index is 0.537. The van der Waals surface area contributed by atoms with Crippen LogP contribution in [0.25, 0.3) is 0 Å². The summed E-state index contributed by atoms with van der Waals surface area (Å²) in [7, 11) is 0. The average molecular weight is 272 g/mol. The van der Waals surface area contributed by atoms with Crippen molar-refractivity contribution in [1.82, 2.24) is 10.2 Å². The van der Waals surface area contributed by atoms with Crippen molar-refractivity contribution in [1.29, 1.82) is 0 Å². The molecule has 0 amide bonds. The van der Waals surface area contributed by atoms with E-state index in [0.717, 1.165) is 32.8 Å². The molecule has 0 atom stereocenters. The van der Waals surface area contributed by atoms with E-state index in [9.17, 15) is 0 Å². The third kappa shape index (κ3) is 5.08. The minimum atomic E-state index is 0.537. The van der Waals surface area contributed by atoms with Crippen LogP contribution in [0.5, 0.6) is 0 Å². The SMILES string of the molecule is S=C(NC1CCCCC1)OCCN1CCOCC1. The van der Waals surface area contributed by atoms with Gasteiger partial charge in [0.15, 0.2) is 0 Å². The van der Waals surface area contributed by atoms with Crippen LogP contribution in [0.1, 0.15) is 32.1 Å². The molecule has 2 fully saturated rings. The number of hydrogen-bond donors (Lipinski definition) is 1. The molecule has 1 aliphatic carbocycles. The number of ether oxygens (including phenoxy) is 2. The van der Waals surface area contributed by atoms with Crippen LogP contribution in [0.4, 0.5) is 0 Å². The predicted molar refractivity (Wildman–Crippen MR) is 75.8 cm³/mol. The van der Waals surface area contributed by atoms with Crippen molar-refractivity contribution in [3.8, 4) is 0 Å². The molecule has 1 N–H and O–H groups in total. The van der Waals surface area contributed by atoms with Crippen LogP contribution in [-0.2, 0) is 9.47 Å². The van der Waals surface area contributed by atoms with Gasteiger partial charge < -0.3 is 14.8 Å². The molecule has 0 aromatic carbocycles. The first-order valence-corrected chi connectivity index (χ1v) is 7.49. The van der Waals surface area contributed by atoms with Crippen molar-refractivity contribution >= 4 is 17.4 Å². The summed E-state index contributed by atoms with van der Waals surface area (Å²) in [6.07, 6.45) is 6.45. The summed E-state index contributed by atoms with van der Waals surface area (Å²) >= 11 is 5.23. The first-order valence-electron chi connectivity index (χ1n) is 7.08. The summed E-state index contributed by atoms with van der Waals surface area (Å²) < 4.78 is 10.9. The Morgan fingerprint density at radius 3 is 2.67 bits per heavy atom. The lowest BCUT2D eigenvalue weighted by molar-refractivity contribution is 0.0314. The van der Waals surface area contributed by atoms with Gasteiger partial charge in [-0.05, 0) is 25.1 Å². The van der Waals surface area contributed by atoms with Gasteiger partial charge >= 0.3 is 0 Å². The van der Waals surface area contributed by atoms with E-state index in [1.165, 1.54) is 32.1 Å². The zero-order valence-corrected chi connectivity index (χ0v) is 11.8. The monoisotopic (exact) mass is 272 g/mol. The predicted octanol–water partition coefficient (Wildman–Crippen LogP) is 1.54. The van der Waals surface area contributed by atoms with E-state index in [2.05, 4.69) is 10.2 Å². The molecule has 0 aromatic rings. The summed E-state index contributed by atoms with van der Waals surface area (Å²) in [4.78, 5) is 2.35. The number of nitrogens with one attached hydrogen (secondary N) is 1. The second-order valence-corrected chi connectivity index (χ2v) is 5.44. The Kier molecular flexibility index (Phi) is 6.17. The third-order valence-corrected chi connectivity index (χ3v) is 3.91. The summed E-state index contributed by atoms with van der Waals surface area (Å²) in [5.74, 6) is 0. The lowest BCUT2D eigenvalue weighted by Gasteiger charge is -2.27. The Morgan fingerprint density at radius 2 is 1.94 bits per heavy atom. The lowest BCUT2D eigenvalue weighted by atomic mass is 9.96. The first-order chi connectivity index (χ1) is 8.84. The fraction of sp³-hybridized carbons (Fsp3) is 0.923. The van der Waals surface area contributed by atoms with Crippen LogP contribution in [0.3, 0.4) is 0 Å². The molecule has 4 nitrogen and oxygen atoms in total. The van der Waals surface area contributed by atoms with Crippen LogP contribution in [0.2, 0.25) is 0 Å². The van der Waals surface area contributed by atoms with E-state index < -0.39 is 0 Å². The molecule has 0 aromatic heterocycles. The van der Waals surface area contributed by atoms with E-state index >= 15 is 0 Å². The maximum Gasteiger partial charge on any atom is 0.256 e. The highest BCUT2D eigenvalue weighted by molar-refractivity contribution is 7.80. The quantitative estimate of drug-likeness (QED) is 0.785. The van der Waals surface area contributed by atoms with E-state index in [1.807, 2.05) is 0 Å². The smallest absolute Gasteiger partial charge is 0.256 e. The average Bonchev–Trinajstić information content (AvgIpc) is 2.41. The Balaban J connectivity index is 1.53. The maximum atomic E-state index is 5.59. The van der Waals surface area contributed by atoms with Crippen LogP contribution >= 0.6 is 12.2 Å². The molecular weight excluding hydrogens is 248 g/mol. The van der Waals surface area contributed by atoms with Crippen molar-refractivity contribution < 1.29 is 9.47 Å². The Labute approximate surface area is 115 Å². The number of rotatable bonds is 4. The molecule has 1 saturated carbocycles. The van der Waals surface area contributed by atoms with Crippen LogP contribution in [-0.4, -0.2) is 55.6 Å². The molecule has 1 aliphatic heterocycles. The van der Waals surface area contributed by atoms with Crippen LogP contribution in [0, 0.1) is 0 Å². The fourth-order valence-corrected chi connectivity index (χ4v) is 2.80. The van der Waals surface area contributed by atoms with Gasteiger partial charge in [-0.2, -0.15) is 0 Å². The second-order valence-electron chi connectivity index (χ2n) is 5.07. The zero-order chi connectivity index (χ0) is 12.6. The highest BCUT2D eigenvalue weighted by Crippen LogP contribution is 2.17. The molecule has 1 heterocycles. The molecule has 2 rings (SSSR count). The van der Waals surface area contributed by atoms with Crippen LogP contribution < -0.4 is 5.32 Å². The molecular formula is C13H24N2O2S. The summed E-state index contributed by atoms with van der Waals surface area (Å²) in [5, 5.41) is 3.90.